The molecule has 24 heavy (non-hydrogen) atoms. The molecule has 2 heterocycles. The first kappa shape index (κ1) is 16.6. The molecule has 0 radical (unpaired) electrons. The Bertz CT molecular complexity index is 724. The molecule has 5 heteroatoms. The number of nitrogens with one attached hydrogen (secondary N) is 1. The summed E-state index contributed by atoms with van der Waals surface area (Å²) in [7, 11) is 1.68. The van der Waals surface area contributed by atoms with Gasteiger partial charge in [0.2, 0.25) is 5.91 Å². The molecule has 1 aliphatic rings. The minimum Gasteiger partial charge on any atom is -0.494 e. The molecule has 128 valence electrons. The van der Waals surface area contributed by atoms with Gasteiger partial charge in [-0.2, -0.15) is 0 Å². The van der Waals surface area contributed by atoms with Crippen molar-refractivity contribution in [2.24, 2.45) is 5.92 Å². The highest BCUT2D eigenvalue weighted by Gasteiger charge is 2.25. The number of carbonyl (C=O) groups is 1. The number of ether oxygens (including phenoxy) is 1. The van der Waals surface area contributed by atoms with Crippen LogP contribution in [0.3, 0.4) is 0 Å². The SMILES string of the molecule is COc1cccc2c(N3CCC(C(C)NC(C)=O)CC3)ccnc12. The lowest BCUT2D eigenvalue weighted by molar-refractivity contribution is -0.119. The van der Waals surface area contributed by atoms with Crippen molar-refractivity contribution in [1.29, 1.82) is 0 Å². The summed E-state index contributed by atoms with van der Waals surface area (Å²) < 4.78 is 5.43. The van der Waals surface area contributed by atoms with Crippen LogP contribution in [0, 0.1) is 5.92 Å². The normalized spacial score (nSPS) is 16.9. The number of para-hydroxylation sites is 1. The van der Waals surface area contributed by atoms with Crippen molar-refractivity contribution in [1.82, 2.24) is 10.3 Å². The van der Waals surface area contributed by atoms with E-state index in [-0.39, 0.29) is 11.9 Å². The standard InChI is InChI=1S/C19H25N3O2/c1-13(21-14(2)23)15-8-11-22(12-9-15)17-7-10-20-19-16(17)5-4-6-18(19)24-3/h4-7,10,13,15H,8-9,11-12H2,1-3H3,(H,21,23). The maximum absolute atomic E-state index is 11.2. The lowest BCUT2D eigenvalue weighted by atomic mass is 9.90. The molecule has 1 unspecified atom stereocenters. The second-order valence-electron chi connectivity index (χ2n) is 6.50. The highest BCUT2D eigenvalue weighted by atomic mass is 16.5. The number of hydrogen-bond acceptors (Lipinski definition) is 4. The number of fused-ring (bicyclic) bond motifs is 1. The molecule has 0 bridgehead atoms. The molecule has 1 aromatic heterocycles. The van der Waals surface area contributed by atoms with Crippen molar-refractivity contribution in [2.45, 2.75) is 32.7 Å². The summed E-state index contributed by atoms with van der Waals surface area (Å²) in [5.41, 5.74) is 2.12. The van der Waals surface area contributed by atoms with Gasteiger partial charge in [-0.25, -0.2) is 0 Å². The molecular formula is C19H25N3O2. The van der Waals surface area contributed by atoms with Crippen LogP contribution in [-0.4, -0.2) is 37.1 Å². The number of rotatable bonds is 4. The maximum atomic E-state index is 11.2. The highest BCUT2D eigenvalue weighted by molar-refractivity contribution is 5.95. The van der Waals surface area contributed by atoms with Crippen LogP contribution in [0.4, 0.5) is 5.69 Å². The summed E-state index contributed by atoms with van der Waals surface area (Å²) in [5, 5.41) is 4.16. The topological polar surface area (TPSA) is 54.5 Å². The first-order valence-electron chi connectivity index (χ1n) is 8.54. The van der Waals surface area contributed by atoms with E-state index in [1.807, 2.05) is 18.3 Å². The summed E-state index contributed by atoms with van der Waals surface area (Å²) in [5.74, 6) is 1.40. The van der Waals surface area contributed by atoms with E-state index in [0.29, 0.717) is 5.92 Å². The molecule has 1 fully saturated rings. The minimum absolute atomic E-state index is 0.0529. The van der Waals surface area contributed by atoms with E-state index < -0.39 is 0 Å². The van der Waals surface area contributed by atoms with Crippen LogP contribution < -0.4 is 15.0 Å². The predicted molar refractivity (Wildman–Crippen MR) is 96.5 cm³/mol. The Labute approximate surface area is 143 Å². The van der Waals surface area contributed by atoms with E-state index in [9.17, 15) is 4.79 Å². The van der Waals surface area contributed by atoms with E-state index in [4.69, 9.17) is 4.74 Å². The summed E-state index contributed by atoms with van der Waals surface area (Å²) in [6.45, 7) is 5.67. The third-order valence-electron chi connectivity index (χ3n) is 4.95. The molecule has 1 amide bonds. The molecule has 1 atom stereocenters. The van der Waals surface area contributed by atoms with E-state index in [0.717, 1.165) is 42.6 Å². The van der Waals surface area contributed by atoms with E-state index in [1.54, 1.807) is 14.0 Å². The molecule has 3 rings (SSSR count). The van der Waals surface area contributed by atoms with Gasteiger partial charge in [0.15, 0.2) is 0 Å². The van der Waals surface area contributed by atoms with Gasteiger partial charge in [-0.15, -0.1) is 0 Å². The van der Waals surface area contributed by atoms with E-state index in [2.05, 4.69) is 34.3 Å². The van der Waals surface area contributed by atoms with Gasteiger partial charge in [-0.1, -0.05) is 12.1 Å². The third kappa shape index (κ3) is 3.30. The number of pyridine rings is 1. The Morgan fingerprint density at radius 1 is 1.33 bits per heavy atom. The number of hydrogen-bond donors (Lipinski definition) is 1. The molecule has 0 aliphatic carbocycles. The van der Waals surface area contributed by atoms with Gasteiger partial charge in [0.1, 0.15) is 11.3 Å². The number of anilines is 1. The summed E-state index contributed by atoms with van der Waals surface area (Å²) >= 11 is 0. The van der Waals surface area contributed by atoms with Crippen LogP contribution in [0.15, 0.2) is 30.5 Å². The van der Waals surface area contributed by atoms with Crippen molar-refractivity contribution in [3.63, 3.8) is 0 Å². The second kappa shape index (κ2) is 7.07. The highest BCUT2D eigenvalue weighted by Crippen LogP contribution is 2.33. The molecule has 1 saturated heterocycles. The monoisotopic (exact) mass is 327 g/mol. The predicted octanol–water partition coefficient (Wildman–Crippen LogP) is 2.98. The Hall–Kier alpha value is -2.30. The van der Waals surface area contributed by atoms with Crippen molar-refractivity contribution in [3.05, 3.63) is 30.5 Å². The number of benzene rings is 1. The van der Waals surface area contributed by atoms with Gasteiger partial charge in [0.25, 0.3) is 0 Å². The molecule has 1 aliphatic heterocycles. The molecule has 0 spiro atoms. The molecule has 1 N–H and O–H groups in total. The lowest BCUT2D eigenvalue weighted by Gasteiger charge is -2.36. The zero-order valence-electron chi connectivity index (χ0n) is 14.6. The number of amides is 1. The lowest BCUT2D eigenvalue weighted by Crippen LogP contribution is -2.43. The van der Waals surface area contributed by atoms with E-state index >= 15 is 0 Å². The van der Waals surface area contributed by atoms with Gasteiger partial charge >= 0.3 is 0 Å². The fourth-order valence-corrected chi connectivity index (χ4v) is 3.65. The molecule has 2 aromatic rings. The maximum Gasteiger partial charge on any atom is 0.217 e. The fourth-order valence-electron chi connectivity index (χ4n) is 3.65. The van der Waals surface area contributed by atoms with Crippen LogP contribution in [0.1, 0.15) is 26.7 Å². The van der Waals surface area contributed by atoms with Crippen LogP contribution in [0.5, 0.6) is 5.75 Å². The first-order valence-corrected chi connectivity index (χ1v) is 8.54. The van der Waals surface area contributed by atoms with Crippen molar-refractivity contribution in [2.75, 3.05) is 25.1 Å². The molecule has 0 saturated carbocycles. The number of nitrogens with zero attached hydrogens (tertiary/aromatic N) is 2. The smallest absolute Gasteiger partial charge is 0.217 e. The van der Waals surface area contributed by atoms with Gasteiger partial charge < -0.3 is 15.0 Å². The van der Waals surface area contributed by atoms with Gasteiger partial charge in [0.05, 0.1) is 7.11 Å². The number of methoxy groups -OCH3 is 1. The van der Waals surface area contributed by atoms with Crippen molar-refractivity contribution >= 4 is 22.5 Å². The minimum atomic E-state index is 0.0529. The Balaban J connectivity index is 1.77. The second-order valence-corrected chi connectivity index (χ2v) is 6.50. The largest absolute Gasteiger partial charge is 0.494 e. The third-order valence-corrected chi connectivity index (χ3v) is 4.95. The molecule has 5 nitrogen and oxygen atoms in total. The van der Waals surface area contributed by atoms with Crippen molar-refractivity contribution in [3.8, 4) is 5.75 Å². The van der Waals surface area contributed by atoms with Gasteiger partial charge in [-0.3, -0.25) is 9.78 Å². The van der Waals surface area contributed by atoms with Gasteiger partial charge in [-0.05, 0) is 37.8 Å². The van der Waals surface area contributed by atoms with Crippen LogP contribution >= 0.6 is 0 Å². The summed E-state index contributed by atoms with van der Waals surface area (Å²) in [4.78, 5) is 18.2. The van der Waals surface area contributed by atoms with Crippen LogP contribution in [0.25, 0.3) is 10.9 Å². The Kier molecular flexibility index (Phi) is 4.88. The van der Waals surface area contributed by atoms with E-state index in [1.165, 1.54) is 5.69 Å². The number of carbonyl (C=O) groups excluding carboxylic acids is 1. The zero-order valence-corrected chi connectivity index (χ0v) is 14.6. The van der Waals surface area contributed by atoms with Crippen LogP contribution in [0.2, 0.25) is 0 Å². The van der Waals surface area contributed by atoms with Crippen molar-refractivity contribution < 1.29 is 9.53 Å². The summed E-state index contributed by atoms with van der Waals surface area (Å²) in [6, 6.07) is 8.38. The Morgan fingerprint density at radius 2 is 2.08 bits per heavy atom. The summed E-state index contributed by atoms with van der Waals surface area (Å²) in [6.07, 6.45) is 4.01. The molecule has 1 aromatic carbocycles. The molecular weight excluding hydrogens is 302 g/mol. The number of piperidine rings is 1. The quantitative estimate of drug-likeness (QED) is 0.938. The van der Waals surface area contributed by atoms with Gasteiger partial charge in [0, 0.05) is 43.3 Å². The number of aromatic nitrogens is 1. The van der Waals surface area contributed by atoms with Crippen LogP contribution in [-0.2, 0) is 4.79 Å². The average molecular weight is 327 g/mol. The zero-order chi connectivity index (χ0) is 17.1. The average Bonchev–Trinajstić information content (AvgIpc) is 2.60. The fraction of sp³-hybridized carbons (Fsp3) is 0.474. The first-order chi connectivity index (χ1) is 11.6. The Morgan fingerprint density at radius 3 is 2.75 bits per heavy atom.